The van der Waals surface area contributed by atoms with Crippen molar-refractivity contribution in [1.29, 1.82) is 0 Å². The van der Waals surface area contributed by atoms with Gasteiger partial charge in [0.05, 0.1) is 22.8 Å². The lowest BCUT2D eigenvalue weighted by Crippen LogP contribution is -2.62. The molecule has 3 saturated carbocycles. The number of hydrogen-bond donors (Lipinski definition) is 3. The molecule has 0 spiro atoms. The predicted molar refractivity (Wildman–Crippen MR) is 164 cm³/mol. The van der Waals surface area contributed by atoms with Crippen molar-refractivity contribution >= 4 is 36.8 Å². The second-order valence-corrected chi connectivity index (χ2v) is 20.3. The molecule has 0 unspecified atom stereocenters. The molecular weight excluding hydrogens is 623 g/mol. The number of para-hydroxylation sites is 1. The van der Waals surface area contributed by atoms with Crippen molar-refractivity contribution in [3.8, 4) is 5.75 Å². The maximum Gasteiger partial charge on any atom is 0.240 e. The molecule has 7 nitrogen and oxygen atoms in total. The van der Waals surface area contributed by atoms with Crippen molar-refractivity contribution in [2.24, 2.45) is 29.1 Å². The van der Waals surface area contributed by atoms with Gasteiger partial charge in [0.1, 0.15) is 17.9 Å². The zero-order chi connectivity index (χ0) is 29.1. The lowest BCUT2D eigenvalue weighted by Gasteiger charge is -2.62. The molecule has 2 bridgehead atoms. The molecule has 1 saturated heterocycles. The Bertz CT molecular complexity index is 1060. The highest BCUT2D eigenvalue weighted by molar-refractivity contribution is 14.1. The number of rotatable bonds is 8. The maximum absolute atomic E-state index is 14.1. The Morgan fingerprint density at radius 3 is 2.54 bits per heavy atom. The third-order valence-corrected chi connectivity index (χ3v) is 16.1. The van der Waals surface area contributed by atoms with Gasteiger partial charge in [-0.2, -0.15) is 5.06 Å². The van der Waals surface area contributed by atoms with E-state index < -0.39 is 32.5 Å². The zero-order valence-corrected chi connectivity index (χ0v) is 28.3. The minimum Gasteiger partial charge on any atom is -0.507 e. The van der Waals surface area contributed by atoms with Gasteiger partial charge in [-0.3, -0.25) is 9.63 Å². The number of nitrogens with one attached hydrogen (secondary N) is 1. The molecule has 4 aliphatic rings. The first kappa shape index (κ1) is 31.2. The van der Waals surface area contributed by atoms with E-state index in [1.165, 1.54) is 6.42 Å². The van der Waals surface area contributed by atoms with Gasteiger partial charge in [-0.15, -0.1) is 0 Å². The Hall–Kier alpha value is -0.723. The summed E-state index contributed by atoms with van der Waals surface area (Å²) in [6, 6.07) is 5.00. The first-order chi connectivity index (χ1) is 18.0. The van der Waals surface area contributed by atoms with Crippen molar-refractivity contribution in [2.75, 3.05) is 6.61 Å². The molecule has 1 aromatic rings. The molecule has 1 heterocycles. The molecule has 3 N–H and O–H groups in total. The summed E-state index contributed by atoms with van der Waals surface area (Å²) in [5.74, 6) is 1.24. The quantitative estimate of drug-likeness (QED) is 0.243. The van der Waals surface area contributed by atoms with Crippen LogP contribution in [0.3, 0.4) is 0 Å². The van der Waals surface area contributed by atoms with E-state index in [1.54, 1.807) is 12.0 Å². The first-order valence-corrected chi connectivity index (χ1v) is 18.5. The van der Waals surface area contributed by atoms with Crippen LogP contribution in [0.15, 0.2) is 18.2 Å². The molecule has 1 amide bonds. The van der Waals surface area contributed by atoms with E-state index in [1.807, 2.05) is 18.2 Å². The van der Waals surface area contributed by atoms with E-state index in [-0.39, 0.29) is 29.3 Å². The minimum atomic E-state index is -2.08. The van der Waals surface area contributed by atoms with Crippen LogP contribution in [0.1, 0.15) is 66.9 Å². The summed E-state index contributed by atoms with van der Waals surface area (Å²) in [5, 5.41) is 26.8. The van der Waals surface area contributed by atoms with Gasteiger partial charge in [-0.25, -0.2) is 0 Å². The number of phenols is 1. The summed E-state index contributed by atoms with van der Waals surface area (Å²) in [6.07, 6.45) is 0.975. The highest BCUT2D eigenvalue weighted by Crippen LogP contribution is 2.61. The number of aromatic hydroxyl groups is 1. The molecule has 5 rings (SSSR count). The lowest BCUT2D eigenvalue weighted by atomic mass is 9.45. The number of phenolic OH excluding ortho intramolecular Hbond substituents is 1. The molecule has 220 valence electrons. The number of hydrogen-bond acceptors (Lipinski definition) is 6. The molecule has 9 heteroatoms. The maximum atomic E-state index is 14.1. The second kappa shape index (κ2) is 11.2. The van der Waals surface area contributed by atoms with Crippen LogP contribution in [0.4, 0.5) is 0 Å². The number of amides is 1. The topological polar surface area (TPSA) is 91.3 Å². The third-order valence-electron chi connectivity index (χ3n) is 10.7. The van der Waals surface area contributed by atoms with Crippen LogP contribution < -0.4 is 5.32 Å². The van der Waals surface area contributed by atoms with E-state index in [4.69, 9.17) is 9.26 Å². The van der Waals surface area contributed by atoms with E-state index >= 15 is 0 Å². The van der Waals surface area contributed by atoms with Crippen LogP contribution >= 0.6 is 22.6 Å². The van der Waals surface area contributed by atoms with Crippen LogP contribution in [0.5, 0.6) is 5.75 Å². The lowest BCUT2D eigenvalue weighted by molar-refractivity contribution is -0.182. The van der Waals surface area contributed by atoms with Gasteiger partial charge in [0.15, 0.2) is 8.32 Å². The fourth-order valence-corrected chi connectivity index (χ4v) is 8.40. The van der Waals surface area contributed by atoms with Gasteiger partial charge < -0.3 is 20.0 Å². The van der Waals surface area contributed by atoms with Crippen LogP contribution in [0.2, 0.25) is 18.1 Å². The molecule has 1 aliphatic heterocycles. The first-order valence-electron chi connectivity index (χ1n) is 14.5. The summed E-state index contributed by atoms with van der Waals surface area (Å²) >= 11 is 2.11. The molecular formula is C30H49IN2O5Si. The summed E-state index contributed by atoms with van der Waals surface area (Å²) in [4.78, 5) is 20.5. The summed E-state index contributed by atoms with van der Waals surface area (Å²) in [5.41, 5.74) is 1.02. The number of nitrogens with zero attached hydrogens (tertiary/aromatic N) is 1. The Kier molecular flexibility index (Phi) is 8.94. The summed E-state index contributed by atoms with van der Waals surface area (Å²) in [6.45, 7) is 20.2. The number of aliphatic hydroxyl groups is 1. The number of halogens is 1. The Morgan fingerprint density at radius 1 is 1.31 bits per heavy atom. The average Bonchev–Trinajstić information content (AvgIpc) is 3.19. The number of hydroxylamine groups is 2. The van der Waals surface area contributed by atoms with Gasteiger partial charge >= 0.3 is 0 Å². The van der Waals surface area contributed by atoms with E-state index in [0.29, 0.717) is 35.3 Å². The van der Waals surface area contributed by atoms with Gasteiger partial charge in [0.2, 0.25) is 5.91 Å². The fraction of sp³-hybridized carbons (Fsp3) is 0.767. The molecule has 39 heavy (non-hydrogen) atoms. The van der Waals surface area contributed by atoms with Gasteiger partial charge in [-0.05, 0) is 89.7 Å². The minimum absolute atomic E-state index is 0.0284. The van der Waals surface area contributed by atoms with Gasteiger partial charge in [0.25, 0.3) is 0 Å². The van der Waals surface area contributed by atoms with Crippen molar-refractivity contribution < 1.29 is 24.3 Å². The SMILES string of the molecule is C[C@@H]1[C@@H](NC(=O)[C@@H]2[C@H]([C@H](C)O)[C@H](CO[Si](C)(C)C(C)(C)C)ON2Cc2cccc(I)c2O)C[C@@H]2C[C@H]1C2(C)C. The van der Waals surface area contributed by atoms with Crippen molar-refractivity contribution in [3.05, 3.63) is 27.3 Å². The fourth-order valence-electron chi connectivity index (χ4n) is 6.83. The Morgan fingerprint density at radius 2 is 1.97 bits per heavy atom. The van der Waals surface area contributed by atoms with E-state index in [0.717, 1.165) is 9.99 Å². The third kappa shape index (κ3) is 5.95. The monoisotopic (exact) mass is 672 g/mol. The summed E-state index contributed by atoms with van der Waals surface area (Å²) in [7, 11) is -2.08. The number of aliphatic hydroxyl groups excluding tert-OH is 1. The number of carbonyl (C=O) groups excluding carboxylic acids is 1. The molecule has 0 radical (unpaired) electrons. The smallest absolute Gasteiger partial charge is 0.240 e. The molecule has 0 aromatic heterocycles. The van der Waals surface area contributed by atoms with Crippen molar-refractivity contribution in [1.82, 2.24) is 10.4 Å². The molecule has 8 atom stereocenters. The average molecular weight is 673 g/mol. The molecule has 3 aliphatic carbocycles. The summed E-state index contributed by atoms with van der Waals surface area (Å²) < 4.78 is 7.27. The van der Waals surface area contributed by atoms with E-state index in [9.17, 15) is 15.0 Å². The Labute approximate surface area is 249 Å². The standard InChI is InChI=1S/C30H49IN2O5Si/c1-17-21-13-20(30(21,6)7)14-23(17)32-28(36)26-25(18(2)34)24(16-37-39(8,9)29(3,4)5)38-33(26)15-19-11-10-12-22(31)27(19)35/h10-12,17-18,20-21,23-26,34-35H,13-16H2,1-9H3,(H,32,36)/t17-,18-,20-,21+,23-,24-,25+,26-/m0/s1. The van der Waals surface area contributed by atoms with Crippen molar-refractivity contribution in [3.63, 3.8) is 0 Å². The largest absolute Gasteiger partial charge is 0.507 e. The van der Waals surface area contributed by atoms with Crippen LogP contribution in [0, 0.1) is 32.7 Å². The van der Waals surface area contributed by atoms with Crippen LogP contribution in [-0.4, -0.2) is 60.4 Å². The highest BCUT2D eigenvalue weighted by Gasteiger charge is 2.57. The number of fused-ring (bicyclic) bond motifs is 2. The molecule has 4 fully saturated rings. The molecule has 1 aromatic carbocycles. The Balaban J connectivity index is 1.59. The number of benzene rings is 1. The van der Waals surface area contributed by atoms with Gasteiger partial charge in [0, 0.05) is 17.5 Å². The predicted octanol–water partition coefficient (Wildman–Crippen LogP) is 5.69. The van der Waals surface area contributed by atoms with Crippen LogP contribution in [0.25, 0.3) is 0 Å². The number of carbonyl (C=O) groups is 1. The highest BCUT2D eigenvalue weighted by atomic mass is 127. The van der Waals surface area contributed by atoms with Crippen molar-refractivity contribution in [2.45, 2.75) is 110 Å². The van der Waals surface area contributed by atoms with E-state index in [2.05, 4.69) is 82.5 Å². The zero-order valence-electron chi connectivity index (χ0n) is 25.1. The van der Waals surface area contributed by atoms with Crippen LogP contribution in [-0.2, 0) is 20.6 Å². The van der Waals surface area contributed by atoms with Gasteiger partial charge in [-0.1, -0.05) is 53.7 Å². The normalized spacial score (nSPS) is 33.5. The second-order valence-electron chi connectivity index (χ2n) is 14.4.